The van der Waals surface area contributed by atoms with Crippen molar-refractivity contribution in [1.29, 1.82) is 0 Å². The molecular formula is C26H21F3N2O6S. The number of sulfonamides is 1. The number of aromatic amines is 1. The molecule has 1 aliphatic carbocycles. The summed E-state index contributed by atoms with van der Waals surface area (Å²) in [6.07, 6.45) is -1.53. The number of methoxy groups -OCH3 is 1. The van der Waals surface area contributed by atoms with Gasteiger partial charge in [0.05, 0.1) is 29.2 Å². The number of benzene rings is 2. The van der Waals surface area contributed by atoms with Crippen LogP contribution in [0.1, 0.15) is 24.0 Å². The van der Waals surface area contributed by atoms with E-state index in [1.807, 2.05) is 0 Å². The maximum atomic E-state index is 14.2. The van der Waals surface area contributed by atoms with Gasteiger partial charge in [-0.25, -0.2) is 31.5 Å². The fourth-order valence-corrected chi connectivity index (χ4v) is 5.30. The van der Waals surface area contributed by atoms with Gasteiger partial charge in [0.2, 0.25) is 16.4 Å². The van der Waals surface area contributed by atoms with Gasteiger partial charge in [-0.1, -0.05) is 12.1 Å². The second kappa shape index (κ2) is 9.14. The lowest BCUT2D eigenvalue weighted by Gasteiger charge is -2.22. The number of halogens is 3. The van der Waals surface area contributed by atoms with Gasteiger partial charge in [-0.2, -0.15) is 0 Å². The molecule has 1 saturated carbocycles. The van der Waals surface area contributed by atoms with Crippen LogP contribution in [0.25, 0.3) is 33.2 Å². The minimum absolute atomic E-state index is 0.0349. The largest absolute Gasteiger partial charge is 0.496 e. The number of alkyl halides is 2. The predicted molar refractivity (Wildman–Crippen MR) is 134 cm³/mol. The van der Waals surface area contributed by atoms with Gasteiger partial charge in [0.15, 0.2) is 0 Å². The molecule has 0 spiro atoms. The fraction of sp³-hybridized carbons (Fsp3) is 0.231. The molecule has 2 aromatic heterocycles. The molecule has 2 aromatic carbocycles. The standard InChI is InChI=1S/C26H21F3N2O6S/c1-36-22-19(21-9-14-3-2-13(12-38(30,34)35)6-18(14)24(33)37-21)7-15(17-10-16(27)11-31-23(17)32)8-20(22)26(4-5-26)25(28)29/h2-3,6-11,25H,4-5,12H2,1H3,(H,31,32)(H2,30,34,35). The van der Waals surface area contributed by atoms with Gasteiger partial charge in [-0.05, 0) is 59.7 Å². The molecule has 0 aliphatic heterocycles. The van der Waals surface area contributed by atoms with Crippen molar-refractivity contribution in [3.05, 3.63) is 86.4 Å². The molecule has 12 heteroatoms. The number of pyridine rings is 1. The summed E-state index contributed by atoms with van der Waals surface area (Å²) in [6, 6.07) is 9.58. The maximum Gasteiger partial charge on any atom is 0.344 e. The van der Waals surface area contributed by atoms with Gasteiger partial charge < -0.3 is 14.1 Å². The van der Waals surface area contributed by atoms with E-state index in [2.05, 4.69) is 4.98 Å². The third-order valence-corrected chi connectivity index (χ3v) is 7.41. The second-order valence-electron chi connectivity index (χ2n) is 9.25. The van der Waals surface area contributed by atoms with Crippen molar-refractivity contribution in [2.24, 2.45) is 5.14 Å². The summed E-state index contributed by atoms with van der Waals surface area (Å²) in [4.78, 5) is 27.7. The lowest BCUT2D eigenvalue weighted by atomic mass is 9.88. The van der Waals surface area contributed by atoms with Crippen molar-refractivity contribution in [1.82, 2.24) is 4.98 Å². The molecule has 0 unspecified atom stereocenters. The summed E-state index contributed by atoms with van der Waals surface area (Å²) >= 11 is 0. The third-order valence-electron chi connectivity index (χ3n) is 6.68. The average molecular weight is 547 g/mol. The average Bonchev–Trinajstić information content (AvgIpc) is 3.66. The molecule has 8 nitrogen and oxygen atoms in total. The summed E-state index contributed by atoms with van der Waals surface area (Å²) in [6.45, 7) is 0. The highest BCUT2D eigenvalue weighted by molar-refractivity contribution is 7.88. The first-order chi connectivity index (χ1) is 17.9. The van der Waals surface area contributed by atoms with Gasteiger partial charge >= 0.3 is 5.63 Å². The molecule has 0 saturated heterocycles. The molecule has 0 amide bonds. The van der Waals surface area contributed by atoms with Crippen LogP contribution >= 0.6 is 0 Å². The van der Waals surface area contributed by atoms with Crippen molar-refractivity contribution in [3.8, 4) is 28.2 Å². The molecule has 5 rings (SSSR count). The summed E-state index contributed by atoms with van der Waals surface area (Å²) < 4.78 is 76.4. The van der Waals surface area contributed by atoms with Crippen molar-refractivity contribution in [2.45, 2.75) is 30.4 Å². The van der Waals surface area contributed by atoms with E-state index in [9.17, 15) is 31.2 Å². The Kier molecular flexibility index (Phi) is 6.19. The van der Waals surface area contributed by atoms with Gasteiger partial charge in [0.1, 0.15) is 17.3 Å². The zero-order valence-electron chi connectivity index (χ0n) is 19.9. The molecule has 0 atom stereocenters. The van der Waals surface area contributed by atoms with Crippen LogP contribution in [0, 0.1) is 5.82 Å². The summed E-state index contributed by atoms with van der Waals surface area (Å²) in [5, 5.41) is 5.55. The Hall–Kier alpha value is -3.90. The van der Waals surface area contributed by atoms with Gasteiger partial charge in [-0.3, -0.25) is 4.79 Å². The van der Waals surface area contributed by atoms with Crippen molar-refractivity contribution in [3.63, 3.8) is 0 Å². The molecule has 4 aromatic rings. The molecule has 2 heterocycles. The minimum atomic E-state index is -3.84. The number of nitrogens with two attached hydrogens (primary N) is 1. The Labute approximate surface area is 213 Å². The molecule has 0 radical (unpaired) electrons. The van der Waals surface area contributed by atoms with E-state index >= 15 is 0 Å². The van der Waals surface area contributed by atoms with Crippen molar-refractivity contribution < 1.29 is 30.7 Å². The van der Waals surface area contributed by atoms with Crippen LogP contribution in [0.3, 0.4) is 0 Å². The normalized spacial score (nSPS) is 14.7. The predicted octanol–water partition coefficient (Wildman–Crippen LogP) is 4.05. The zero-order valence-corrected chi connectivity index (χ0v) is 20.7. The number of fused-ring (bicyclic) bond motifs is 1. The highest BCUT2D eigenvalue weighted by Crippen LogP contribution is 2.57. The summed E-state index contributed by atoms with van der Waals surface area (Å²) in [7, 11) is -2.55. The highest BCUT2D eigenvalue weighted by atomic mass is 32.2. The molecule has 1 fully saturated rings. The van der Waals surface area contributed by atoms with E-state index in [0.29, 0.717) is 5.39 Å². The van der Waals surface area contributed by atoms with E-state index < -0.39 is 44.6 Å². The highest BCUT2D eigenvalue weighted by Gasteiger charge is 2.54. The first-order valence-electron chi connectivity index (χ1n) is 11.4. The molecule has 38 heavy (non-hydrogen) atoms. The quantitative estimate of drug-likeness (QED) is 0.360. The summed E-state index contributed by atoms with van der Waals surface area (Å²) in [5.74, 6) is -1.23. The van der Waals surface area contributed by atoms with E-state index in [-0.39, 0.29) is 57.6 Å². The maximum absolute atomic E-state index is 14.2. The van der Waals surface area contributed by atoms with Crippen LogP contribution in [0.5, 0.6) is 5.75 Å². The van der Waals surface area contributed by atoms with Crippen LogP contribution in [-0.2, 0) is 21.2 Å². The van der Waals surface area contributed by atoms with E-state index in [4.69, 9.17) is 14.3 Å². The molecular weight excluding hydrogens is 525 g/mol. The molecule has 0 bridgehead atoms. The van der Waals surface area contributed by atoms with E-state index in [1.165, 1.54) is 43.5 Å². The fourth-order valence-electron chi connectivity index (χ4n) is 4.66. The molecule has 198 valence electrons. The number of nitrogens with one attached hydrogen (secondary N) is 1. The Bertz CT molecular complexity index is 1810. The number of ether oxygens (including phenoxy) is 1. The number of primary sulfonamides is 1. The number of hydrogen-bond donors (Lipinski definition) is 2. The van der Waals surface area contributed by atoms with Crippen LogP contribution in [0.2, 0.25) is 0 Å². The summed E-state index contributed by atoms with van der Waals surface area (Å²) in [5.41, 5.74) is -2.46. The molecule has 1 aliphatic rings. The zero-order chi connectivity index (χ0) is 27.4. The van der Waals surface area contributed by atoms with Gasteiger partial charge in [0, 0.05) is 17.3 Å². The Morgan fingerprint density at radius 1 is 1.11 bits per heavy atom. The second-order valence-corrected chi connectivity index (χ2v) is 10.9. The number of hydrogen-bond acceptors (Lipinski definition) is 6. The van der Waals surface area contributed by atoms with E-state index in [0.717, 1.165) is 12.3 Å². The van der Waals surface area contributed by atoms with Crippen LogP contribution in [0.4, 0.5) is 13.2 Å². The SMILES string of the molecule is COc1c(-c2cc3ccc(CS(N)(=O)=O)cc3c(=O)o2)cc(-c2cc(F)c[nH]c2=O)cc1C1(C(F)F)CC1. The number of rotatable bonds is 7. The number of aromatic nitrogens is 1. The van der Waals surface area contributed by atoms with Crippen molar-refractivity contribution >= 4 is 20.8 Å². The Morgan fingerprint density at radius 2 is 1.84 bits per heavy atom. The van der Waals surface area contributed by atoms with Crippen LogP contribution in [0.15, 0.2) is 62.7 Å². The first-order valence-corrected chi connectivity index (χ1v) is 13.1. The lowest BCUT2D eigenvalue weighted by Crippen LogP contribution is -2.19. The van der Waals surface area contributed by atoms with Gasteiger partial charge in [-0.15, -0.1) is 0 Å². The van der Waals surface area contributed by atoms with E-state index in [1.54, 1.807) is 0 Å². The Morgan fingerprint density at radius 3 is 2.47 bits per heavy atom. The first kappa shape index (κ1) is 25.7. The smallest absolute Gasteiger partial charge is 0.344 e. The van der Waals surface area contributed by atoms with Crippen LogP contribution in [-0.4, -0.2) is 26.9 Å². The lowest BCUT2D eigenvalue weighted by molar-refractivity contribution is 0.100. The minimum Gasteiger partial charge on any atom is -0.496 e. The topological polar surface area (TPSA) is 132 Å². The Balaban J connectivity index is 1.77. The van der Waals surface area contributed by atoms with Gasteiger partial charge in [0.25, 0.3) is 5.56 Å². The van der Waals surface area contributed by atoms with Crippen LogP contribution < -0.4 is 21.1 Å². The molecule has 3 N–H and O–H groups in total. The monoisotopic (exact) mass is 546 g/mol. The number of H-pyrrole nitrogens is 1. The third kappa shape index (κ3) is 4.61. The van der Waals surface area contributed by atoms with Crippen molar-refractivity contribution in [2.75, 3.05) is 7.11 Å².